The van der Waals surface area contributed by atoms with Gasteiger partial charge in [0.2, 0.25) is 5.78 Å². The van der Waals surface area contributed by atoms with Gasteiger partial charge in [0.05, 0.1) is 28.9 Å². The Balaban J connectivity index is 1.44. The van der Waals surface area contributed by atoms with Gasteiger partial charge in [0.15, 0.2) is 25.5 Å². The molecule has 314 valence electrons. The van der Waals surface area contributed by atoms with Gasteiger partial charge in [-0.15, -0.1) is 0 Å². The molecule has 1 N–H and O–H groups in total. The zero-order valence-corrected chi connectivity index (χ0v) is 37.6. The third-order valence-corrected chi connectivity index (χ3v) is 17.9. The van der Waals surface area contributed by atoms with Crippen molar-refractivity contribution in [2.45, 2.75) is 83.2 Å². The Morgan fingerprint density at radius 3 is 2.14 bits per heavy atom. The topological polar surface area (TPSA) is 155 Å². The summed E-state index contributed by atoms with van der Waals surface area (Å²) < 4.78 is 71.7. The molecule has 4 atom stereocenters. The fourth-order valence-corrected chi connectivity index (χ4v) is 10.6. The Morgan fingerprint density at radius 2 is 1.58 bits per heavy atom. The van der Waals surface area contributed by atoms with Crippen LogP contribution in [0.3, 0.4) is 0 Å². The lowest BCUT2D eigenvalue weighted by Crippen LogP contribution is -2.65. The van der Waals surface area contributed by atoms with Crippen molar-refractivity contribution in [3.8, 4) is 11.6 Å². The van der Waals surface area contributed by atoms with Crippen LogP contribution in [0.25, 0.3) is 0 Å². The molecule has 1 aromatic heterocycles. The monoisotopic (exact) mass is 910 g/mol. The van der Waals surface area contributed by atoms with Gasteiger partial charge in [0.25, 0.3) is 16.0 Å². The fraction of sp³-hybridized carbons (Fsp3) is 0.419. The average molecular weight is 912 g/mol. The van der Waals surface area contributed by atoms with Crippen molar-refractivity contribution in [2.75, 3.05) is 20.4 Å². The van der Waals surface area contributed by atoms with E-state index in [2.05, 4.69) is 21.1 Å². The summed E-state index contributed by atoms with van der Waals surface area (Å²) >= 11 is 3.42. The maximum absolute atomic E-state index is 16.9. The Kier molecular flexibility index (Phi) is 11.4. The van der Waals surface area contributed by atoms with E-state index < -0.39 is 76.7 Å². The summed E-state index contributed by atoms with van der Waals surface area (Å²) in [6.45, 7) is 9.36. The van der Waals surface area contributed by atoms with Crippen molar-refractivity contribution < 1.29 is 50.1 Å². The Bertz CT molecular complexity index is 2450. The molecule has 12 nitrogen and oxygen atoms in total. The van der Waals surface area contributed by atoms with Gasteiger partial charge in [0.1, 0.15) is 36.1 Å². The summed E-state index contributed by atoms with van der Waals surface area (Å²) in [5.41, 5.74) is -0.917. The molecule has 0 amide bonds. The molecule has 1 heterocycles. The number of rotatable bonds is 12. The van der Waals surface area contributed by atoms with Crippen LogP contribution in [0.1, 0.15) is 82.0 Å². The van der Waals surface area contributed by atoms with E-state index in [1.54, 1.807) is 0 Å². The van der Waals surface area contributed by atoms with Crippen LogP contribution in [0, 0.1) is 17.7 Å². The molecule has 0 fully saturated rings. The largest absolute Gasteiger partial charge is 0.508 e. The van der Waals surface area contributed by atoms with Crippen molar-refractivity contribution >= 4 is 45.9 Å². The number of carbonyl (C=O) groups excluding carboxylic acids is 2. The minimum Gasteiger partial charge on any atom is -0.508 e. The predicted octanol–water partition coefficient (Wildman–Crippen LogP) is 8.66. The third-order valence-electron chi connectivity index (χ3n) is 12.1. The number of ether oxygens (including phenoxy) is 2. The van der Waals surface area contributed by atoms with Crippen LogP contribution in [-0.2, 0) is 45.0 Å². The van der Waals surface area contributed by atoms with Crippen LogP contribution < -0.4 is 9.47 Å². The number of carbonyl (C=O) groups is 2. The molecular weight excluding hydrogens is 864 g/mol. The molecule has 0 saturated carbocycles. The van der Waals surface area contributed by atoms with E-state index in [-0.39, 0.29) is 75.7 Å². The van der Waals surface area contributed by atoms with Gasteiger partial charge in [0, 0.05) is 22.6 Å². The lowest BCUT2D eigenvalue weighted by atomic mass is 9.58. The van der Waals surface area contributed by atoms with Gasteiger partial charge in [-0.2, -0.15) is 8.42 Å². The van der Waals surface area contributed by atoms with Crippen molar-refractivity contribution in [3.63, 3.8) is 0 Å². The summed E-state index contributed by atoms with van der Waals surface area (Å²) in [5.74, 6) is -4.31. The standard InChI is InChI=1S/C43H48BrFN2O10SSi/c1-42(2,3)59(7,8)57-43-29(35(47(4)5)38-32(40(43)50)41(46-56-38)54-22-25-17-13-10-14-18-25)20-26-19-27-31(36(48)30(26)39(43)49)37(53-21-24-15-11-9-12-16-24)33(44)28(34(27)45)23-55-58(6,51)52/h9-18,26,29,35,49H,19-23H2,1-8H3/t26-,29-,35-,43-/m0/s1. The zero-order chi connectivity index (χ0) is 42.8. The Labute approximate surface area is 353 Å². The highest BCUT2D eigenvalue weighted by Gasteiger charge is 2.67. The fourth-order valence-electron chi connectivity index (χ4n) is 8.22. The summed E-state index contributed by atoms with van der Waals surface area (Å²) in [6.07, 6.45) is 0.861. The average Bonchev–Trinajstić information content (AvgIpc) is 3.58. The molecule has 3 aliphatic carbocycles. The first-order chi connectivity index (χ1) is 27.7. The number of allylic oxidation sites excluding steroid dienone is 1. The maximum Gasteiger partial charge on any atom is 0.265 e. The normalized spacial score (nSPS) is 21.8. The smallest absolute Gasteiger partial charge is 0.265 e. The van der Waals surface area contributed by atoms with Gasteiger partial charge >= 0.3 is 0 Å². The summed E-state index contributed by atoms with van der Waals surface area (Å²) in [5, 5.41) is 16.7. The molecule has 0 unspecified atom stereocenters. The molecule has 0 bridgehead atoms. The van der Waals surface area contributed by atoms with E-state index in [9.17, 15) is 13.5 Å². The van der Waals surface area contributed by atoms with Crippen molar-refractivity contribution in [1.82, 2.24) is 10.1 Å². The first-order valence-corrected chi connectivity index (χ1v) is 24.8. The number of hydrogen-bond donors (Lipinski definition) is 1. The van der Waals surface area contributed by atoms with Crippen molar-refractivity contribution in [3.05, 3.63) is 121 Å². The highest BCUT2D eigenvalue weighted by Crippen LogP contribution is 2.60. The number of ketones is 2. The summed E-state index contributed by atoms with van der Waals surface area (Å²) in [4.78, 5) is 32.6. The molecule has 0 spiro atoms. The van der Waals surface area contributed by atoms with Crippen LogP contribution in [0.2, 0.25) is 18.1 Å². The molecule has 0 saturated heterocycles. The van der Waals surface area contributed by atoms with Crippen LogP contribution in [0.5, 0.6) is 11.6 Å². The van der Waals surface area contributed by atoms with Crippen LogP contribution in [-0.4, -0.2) is 69.4 Å². The number of aliphatic hydroxyl groups is 1. The molecule has 3 aromatic carbocycles. The van der Waals surface area contributed by atoms with E-state index in [1.807, 2.05) is 114 Å². The zero-order valence-electron chi connectivity index (χ0n) is 34.2. The maximum atomic E-state index is 16.9. The van der Waals surface area contributed by atoms with Gasteiger partial charge in [-0.25, -0.2) is 4.39 Å². The van der Waals surface area contributed by atoms with E-state index in [1.165, 1.54) is 0 Å². The van der Waals surface area contributed by atoms with Crippen LogP contribution >= 0.6 is 15.9 Å². The minimum absolute atomic E-state index is 0.0139. The number of Topliss-reactive ketones (excluding diaryl/α,β-unsaturated/α-hetero) is 2. The number of fused-ring (bicyclic) bond motifs is 4. The molecule has 4 aromatic rings. The quantitative estimate of drug-likeness (QED) is 0.107. The highest BCUT2D eigenvalue weighted by molar-refractivity contribution is 9.10. The second-order valence-corrected chi connectivity index (χ2v) is 24.4. The number of nitrogens with zero attached hydrogens (tertiary/aromatic N) is 2. The summed E-state index contributed by atoms with van der Waals surface area (Å²) in [6, 6.07) is 17.8. The molecular formula is C43H48BrFN2O10SSi. The summed E-state index contributed by atoms with van der Waals surface area (Å²) in [7, 11) is -3.37. The highest BCUT2D eigenvalue weighted by atomic mass is 79.9. The number of aromatic nitrogens is 1. The molecule has 59 heavy (non-hydrogen) atoms. The van der Waals surface area contributed by atoms with Gasteiger partial charge in [-0.1, -0.05) is 81.4 Å². The number of aliphatic hydroxyl groups excluding tert-OH is 1. The Hall–Kier alpha value is -4.19. The van der Waals surface area contributed by atoms with Crippen LogP contribution in [0.4, 0.5) is 4.39 Å². The lowest BCUT2D eigenvalue weighted by Gasteiger charge is -2.55. The van der Waals surface area contributed by atoms with E-state index in [0.29, 0.717) is 0 Å². The van der Waals surface area contributed by atoms with Crippen LogP contribution in [0.15, 0.2) is 81.0 Å². The van der Waals surface area contributed by atoms with E-state index in [0.717, 1.165) is 17.4 Å². The second-order valence-electron chi connectivity index (χ2n) is 17.2. The predicted molar refractivity (Wildman–Crippen MR) is 223 cm³/mol. The third kappa shape index (κ3) is 7.60. The number of hydrogen-bond acceptors (Lipinski definition) is 12. The first-order valence-electron chi connectivity index (χ1n) is 19.3. The molecule has 0 aliphatic heterocycles. The van der Waals surface area contributed by atoms with E-state index in [4.69, 9.17) is 22.6 Å². The minimum atomic E-state index is -3.99. The molecule has 7 rings (SSSR count). The molecule has 16 heteroatoms. The lowest BCUT2D eigenvalue weighted by molar-refractivity contribution is -0.0481. The SMILES string of the molecule is CN(C)[C@@H]1c2onc(OCc3ccccc3)c2C(=O)[C@@]2(O[Si](C)(C)C(C)(C)C)C(O)=C3C(=O)c4c(c(F)c(COS(C)(=O)=O)c(Br)c4OCc4ccccc4)C[C@H]3C[C@@H]12. The molecule has 3 aliphatic rings. The number of halogens is 2. The molecule has 0 radical (unpaired) electrons. The van der Waals surface area contributed by atoms with Gasteiger partial charge in [-0.05, 0) is 83.2 Å². The van der Waals surface area contributed by atoms with E-state index >= 15 is 14.0 Å². The second kappa shape index (κ2) is 15.7. The van der Waals surface area contributed by atoms with Gasteiger partial charge in [-0.3, -0.25) is 18.7 Å². The first kappa shape index (κ1) is 42.9. The Morgan fingerprint density at radius 1 is 0.983 bits per heavy atom. The van der Waals surface area contributed by atoms with Crippen molar-refractivity contribution in [1.29, 1.82) is 0 Å². The van der Waals surface area contributed by atoms with Crippen molar-refractivity contribution in [2.24, 2.45) is 11.8 Å². The number of benzene rings is 3. The van der Waals surface area contributed by atoms with Gasteiger partial charge < -0.3 is 23.5 Å².